The first kappa shape index (κ1) is 20.3. The lowest BCUT2D eigenvalue weighted by Crippen LogP contribution is -2.47. The number of aryl methyl sites for hydroxylation is 1. The lowest BCUT2D eigenvalue weighted by Gasteiger charge is -2.34. The summed E-state index contributed by atoms with van der Waals surface area (Å²) in [4.78, 5) is 28.5. The van der Waals surface area contributed by atoms with Crippen molar-refractivity contribution < 1.29 is 9.59 Å². The Morgan fingerprint density at radius 1 is 1.38 bits per heavy atom. The minimum atomic E-state index is -0.0518. The molecule has 1 aliphatic rings. The van der Waals surface area contributed by atoms with Crippen molar-refractivity contribution in [2.45, 2.75) is 53.6 Å². The Labute approximate surface area is 156 Å². The highest BCUT2D eigenvalue weighted by atomic mass is 16.2. The van der Waals surface area contributed by atoms with E-state index < -0.39 is 0 Å². The van der Waals surface area contributed by atoms with Crippen LogP contribution in [0.15, 0.2) is 12.4 Å². The second-order valence-electron chi connectivity index (χ2n) is 7.35. The van der Waals surface area contributed by atoms with Crippen molar-refractivity contribution in [1.82, 2.24) is 24.9 Å². The second kappa shape index (κ2) is 9.59. The Hall–Kier alpha value is -2.05. The van der Waals surface area contributed by atoms with Crippen molar-refractivity contribution >= 4 is 11.9 Å². The molecule has 0 bridgehead atoms. The van der Waals surface area contributed by atoms with Crippen molar-refractivity contribution in [3.05, 3.63) is 18.0 Å². The smallest absolute Gasteiger partial charge is 0.317 e. The van der Waals surface area contributed by atoms with Crippen LogP contribution >= 0.6 is 0 Å². The molecule has 1 aromatic heterocycles. The number of hydrogen-bond acceptors (Lipinski definition) is 3. The molecule has 1 fully saturated rings. The fourth-order valence-corrected chi connectivity index (χ4v) is 3.35. The van der Waals surface area contributed by atoms with Crippen LogP contribution < -0.4 is 5.32 Å². The Morgan fingerprint density at radius 2 is 2.15 bits per heavy atom. The van der Waals surface area contributed by atoms with Gasteiger partial charge in [0.15, 0.2) is 0 Å². The van der Waals surface area contributed by atoms with Crippen LogP contribution in [0.1, 0.15) is 46.1 Å². The third-order valence-electron chi connectivity index (χ3n) is 4.92. The van der Waals surface area contributed by atoms with Crippen LogP contribution in [0.3, 0.4) is 0 Å². The zero-order valence-electron chi connectivity index (χ0n) is 16.6. The largest absolute Gasteiger partial charge is 0.342 e. The van der Waals surface area contributed by atoms with Crippen molar-refractivity contribution in [1.29, 1.82) is 0 Å². The van der Waals surface area contributed by atoms with E-state index in [9.17, 15) is 9.59 Å². The average molecular weight is 364 g/mol. The monoisotopic (exact) mass is 363 g/mol. The maximum Gasteiger partial charge on any atom is 0.317 e. The summed E-state index contributed by atoms with van der Waals surface area (Å²) in [7, 11) is 0. The van der Waals surface area contributed by atoms with Gasteiger partial charge in [-0.05, 0) is 32.6 Å². The van der Waals surface area contributed by atoms with Crippen LogP contribution in [0.25, 0.3) is 0 Å². The van der Waals surface area contributed by atoms with Gasteiger partial charge in [0.2, 0.25) is 5.91 Å². The fourth-order valence-electron chi connectivity index (χ4n) is 3.35. The number of nitrogens with one attached hydrogen (secondary N) is 1. The van der Waals surface area contributed by atoms with E-state index in [1.54, 1.807) is 4.90 Å². The summed E-state index contributed by atoms with van der Waals surface area (Å²) in [5.41, 5.74) is 1.04. The Kier molecular flexibility index (Phi) is 7.48. The van der Waals surface area contributed by atoms with Gasteiger partial charge in [-0.15, -0.1) is 0 Å². The predicted octanol–water partition coefficient (Wildman–Crippen LogP) is 2.33. The van der Waals surface area contributed by atoms with Gasteiger partial charge in [0, 0.05) is 50.4 Å². The third kappa shape index (κ3) is 5.47. The van der Waals surface area contributed by atoms with E-state index in [0.717, 1.165) is 38.0 Å². The lowest BCUT2D eigenvalue weighted by molar-refractivity contribution is -0.136. The highest BCUT2D eigenvalue weighted by Gasteiger charge is 2.25. The molecule has 1 saturated heterocycles. The number of nitrogens with zero attached hydrogens (tertiary/aromatic N) is 4. The summed E-state index contributed by atoms with van der Waals surface area (Å²) in [6.45, 7) is 12.1. The van der Waals surface area contributed by atoms with E-state index in [1.807, 2.05) is 49.7 Å². The van der Waals surface area contributed by atoms with E-state index >= 15 is 0 Å². The van der Waals surface area contributed by atoms with Crippen molar-refractivity contribution in [2.75, 3.05) is 26.2 Å². The molecule has 146 valence electrons. The molecule has 0 radical (unpaired) electrons. The standard InChI is InChI=1S/C19H33N5O2/c1-5-22(13-17-11-21-24(6-2)14-17)19(26)20-10-16-8-7-9-23(12-16)18(25)15(3)4/h11,14-16H,5-10,12-13H2,1-4H3,(H,20,26)/t16-/m0/s1. The molecule has 1 aliphatic heterocycles. The molecule has 0 aromatic carbocycles. The molecule has 2 rings (SSSR count). The van der Waals surface area contributed by atoms with E-state index in [-0.39, 0.29) is 17.9 Å². The normalized spacial score (nSPS) is 17.4. The molecule has 0 saturated carbocycles. The quantitative estimate of drug-likeness (QED) is 0.808. The van der Waals surface area contributed by atoms with E-state index in [2.05, 4.69) is 10.4 Å². The summed E-state index contributed by atoms with van der Waals surface area (Å²) in [5.74, 6) is 0.573. The summed E-state index contributed by atoms with van der Waals surface area (Å²) >= 11 is 0. The number of rotatable bonds is 7. The summed E-state index contributed by atoms with van der Waals surface area (Å²) in [6, 6.07) is -0.0518. The molecule has 0 unspecified atom stereocenters. The molecule has 1 aromatic rings. The highest BCUT2D eigenvalue weighted by molar-refractivity contribution is 5.78. The first-order chi connectivity index (χ1) is 12.4. The number of piperidine rings is 1. The molecule has 0 spiro atoms. The Morgan fingerprint density at radius 3 is 2.77 bits per heavy atom. The maximum atomic E-state index is 12.5. The number of carbonyl (C=O) groups is 2. The molecular weight excluding hydrogens is 330 g/mol. The van der Waals surface area contributed by atoms with Gasteiger partial charge in [-0.2, -0.15) is 5.10 Å². The zero-order valence-corrected chi connectivity index (χ0v) is 16.6. The van der Waals surface area contributed by atoms with Gasteiger partial charge in [0.25, 0.3) is 0 Å². The van der Waals surface area contributed by atoms with Crippen LogP contribution in [0.2, 0.25) is 0 Å². The minimum absolute atomic E-state index is 0.0305. The van der Waals surface area contributed by atoms with Gasteiger partial charge in [-0.25, -0.2) is 4.79 Å². The summed E-state index contributed by atoms with van der Waals surface area (Å²) < 4.78 is 1.86. The van der Waals surface area contributed by atoms with Crippen molar-refractivity contribution in [3.63, 3.8) is 0 Å². The van der Waals surface area contributed by atoms with Crippen LogP contribution in [-0.4, -0.2) is 57.7 Å². The third-order valence-corrected chi connectivity index (χ3v) is 4.92. The molecular formula is C19H33N5O2. The fraction of sp³-hybridized carbons (Fsp3) is 0.737. The maximum absolute atomic E-state index is 12.5. The van der Waals surface area contributed by atoms with Crippen LogP contribution in [0.4, 0.5) is 4.79 Å². The number of amides is 3. The number of hydrogen-bond donors (Lipinski definition) is 1. The summed E-state index contributed by atoms with van der Waals surface area (Å²) in [6.07, 6.45) is 5.85. The first-order valence-corrected chi connectivity index (χ1v) is 9.77. The lowest BCUT2D eigenvalue weighted by atomic mass is 9.97. The molecule has 7 heteroatoms. The Balaban J connectivity index is 1.82. The minimum Gasteiger partial charge on any atom is -0.342 e. The van der Waals surface area contributed by atoms with Gasteiger partial charge in [-0.1, -0.05) is 13.8 Å². The van der Waals surface area contributed by atoms with Gasteiger partial charge in [0.1, 0.15) is 0 Å². The van der Waals surface area contributed by atoms with Crippen LogP contribution in [0, 0.1) is 11.8 Å². The van der Waals surface area contributed by atoms with Crippen LogP contribution in [0.5, 0.6) is 0 Å². The van der Waals surface area contributed by atoms with E-state index in [0.29, 0.717) is 25.6 Å². The number of aromatic nitrogens is 2. The zero-order chi connectivity index (χ0) is 19.1. The highest BCUT2D eigenvalue weighted by Crippen LogP contribution is 2.18. The van der Waals surface area contributed by atoms with E-state index in [4.69, 9.17) is 0 Å². The van der Waals surface area contributed by atoms with Gasteiger partial charge >= 0.3 is 6.03 Å². The van der Waals surface area contributed by atoms with Crippen molar-refractivity contribution in [2.24, 2.45) is 11.8 Å². The predicted molar refractivity (Wildman–Crippen MR) is 102 cm³/mol. The van der Waals surface area contributed by atoms with Crippen molar-refractivity contribution in [3.8, 4) is 0 Å². The first-order valence-electron chi connectivity index (χ1n) is 9.77. The van der Waals surface area contributed by atoms with Crippen LogP contribution in [-0.2, 0) is 17.9 Å². The molecule has 0 aliphatic carbocycles. The topological polar surface area (TPSA) is 70.5 Å². The van der Waals surface area contributed by atoms with E-state index in [1.165, 1.54) is 0 Å². The molecule has 1 atom stereocenters. The van der Waals surface area contributed by atoms with Gasteiger partial charge < -0.3 is 15.1 Å². The summed E-state index contributed by atoms with van der Waals surface area (Å²) in [5, 5.41) is 7.32. The SMILES string of the molecule is CCN(Cc1cnn(CC)c1)C(=O)NC[C@@H]1CCCN(C(=O)C(C)C)C1. The molecule has 7 nitrogen and oxygen atoms in total. The molecule has 3 amide bonds. The molecule has 1 N–H and O–H groups in total. The average Bonchev–Trinajstić information content (AvgIpc) is 3.11. The van der Waals surface area contributed by atoms with Gasteiger partial charge in [0.05, 0.1) is 12.7 Å². The number of likely N-dealkylation sites (tertiary alicyclic amines) is 1. The second-order valence-corrected chi connectivity index (χ2v) is 7.35. The molecule has 26 heavy (non-hydrogen) atoms. The molecule has 2 heterocycles. The number of carbonyl (C=O) groups excluding carboxylic acids is 2. The van der Waals surface area contributed by atoms with Gasteiger partial charge in [-0.3, -0.25) is 9.48 Å². The Bertz CT molecular complexity index is 599. The number of urea groups is 1.